The van der Waals surface area contributed by atoms with Crippen molar-refractivity contribution in [1.82, 2.24) is 4.90 Å². The lowest BCUT2D eigenvalue weighted by molar-refractivity contribution is -0.0320. The average Bonchev–Trinajstić information content (AvgIpc) is 2.68. The van der Waals surface area contributed by atoms with Crippen LogP contribution in [0.5, 0.6) is 0 Å². The fraction of sp³-hybridized carbons (Fsp3) is 0.565. The van der Waals surface area contributed by atoms with E-state index < -0.39 is 5.60 Å². The molecule has 3 nitrogen and oxygen atoms in total. The number of halogens is 2. The molecule has 156 valence electrons. The smallest absolute Gasteiger partial charge is 0.0728 e. The Morgan fingerprint density at radius 3 is 2.32 bits per heavy atom. The van der Waals surface area contributed by atoms with Gasteiger partial charge in [-0.05, 0) is 55.1 Å². The molecule has 28 heavy (non-hydrogen) atoms. The van der Waals surface area contributed by atoms with Gasteiger partial charge in [-0.2, -0.15) is 0 Å². The van der Waals surface area contributed by atoms with Crippen LogP contribution in [0.25, 0.3) is 10.8 Å². The van der Waals surface area contributed by atoms with Gasteiger partial charge >= 0.3 is 0 Å². The van der Waals surface area contributed by atoms with E-state index in [0.717, 1.165) is 58.2 Å². The predicted molar refractivity (Wildman–Crippen MR) is 123 cm³/mol. The first-order chi connectivity index (χ1) is 12.7. The number of aliphatic hydroxyl groups is 1. The summed E-state index contributed by atoms with van der Waals surface area (Å²) in [4.78, 5) is 2.53. The van der Waals surface area contributed by atoms with Crippen LogP contribution < -0.4 is 5.73 Å². The summed E-state index contributed by atoms with van der Waals surface area (Å²) in [6.07, 6.45) is 7.53. The van der Waals surface area contributed by atoms with E-state index in [4.69, 9.17) is 5.73 Å². The maximum Gasteiger partial charge on any atom is 0.0728 e. The van der Waals surface area contributed by atoms with E-state index in [1.807, 2.05) is 0 Å². The molecule has 0 radical (unpaired) electrons. The summed E-state index contributed by atoms with van der Waals surface area (Å²) in [5.74, 6) is 0.170. The maximum atomic E-state index is 11.7. The minimum absolute atomic E-state index is 0. The molecule has 2 aliphatic rings. The summed E-state index contributed by atoms with van der Waals surface area (Å²) in [6, 6.07) is 15.5. The largest absolute Gasteiger partial charge is 0.389 e. The highest BCUT2D eigenvalue weighted by Crippen LogP contribution is 2.42. The van der Waals surface area contributed by atoms with E-state index in [0.29, 0.717) is 6.04 Å². The van der Waals surface area contributed by atoms with E-state index >= 15 is 0 Å². The van der Waals surface area contributed by atoms with Crippen LogP contribution >= 0.6 is 24.8 Å². The summed E-state index contributed by atoms with van der Waals surface area (Å²) in [6.45, 7) is 3.05. The van der Waals surface area contributed by atoms with Crippen molar-refractivity contribution in [3.05, 3.63) is 48.0 Å². The molecular formula is C23H34Cl2N2O. The predicted octanol–water partition coefficient (Wildman–Crippen LogP) is 4.89. The molecule has 2 fully saturated rings. The van der Waals surface area contributed by atoms with Gasteiger partial charge < -0.3 is 15.7 Å². The summed E-state index contributed by atoms with van der Waals surface area (Å²) in [5, 5.41) is 14.2. The highest BCUT2D eigenvalue weighted by Gasteiger charge is 2.40. The number of likely N-dealkylation sites (tertiary alicyclic amines) is 1. The topological polar surface area (TPSA) is 49.5 Å². The number of rotatable bonds is 4. The molecule has 0 aromatic heterocycles. The Kier molecular flexibility index (Phi) is 8.60. The van der Waals surface area contributed by atoms with Crippen LogP contribution in [0.2, 0.25) is 0 Å². The standard InChI is InChI=1S/C23H32N2O.2ClH/c24-19-11-15-25(16-12-19)17-22(23(26)13-4-1-5-14-23)21-10-6-8-18-7-2-3-9-20(18)21;;/h2-3,6-10,19,22,26H,1,4-5,11-17,24H2;2*1H. The second kappa shape index (κ2) is 10.3. The summed E-state index contributed by atoms with van der Waals surface area (Å²) >= 11 is 0. The molecule has 5 heteroatoms. The molecule has 1 saturated heterocycles. The minimum atomic E-state index is -0.581. The van der Waals surface area contributed by atoms with Crippen LogP contribution in [-0.2, 0) is 0 Å². The quantitative estimate of drug-likeness (QED) is 0.734. The molecule has 0 spiro atoms. The monoisotopic (exact) mass is 424 g/mol. The zero-order valence-electron chi connectivity index (χ0n) is 16.6. The Bertz CT molecular complexity index is 735. The molecule has 1 aliphatic carbocycles. The Balaban J connectivity index is 0.00000140. The number of nitrogens with two attached hydrogens (primary N) is 1. The van der Waals surface area contributed by atoms with E-state index in [1.165, 1.54) is 22.8 Å². The van der Waals surface area contributed by atoms with Gasteiger partial charge in [-0.3, -0.25) is 0 Å². The zero-order valence-corrected chi connectivity index (χ0v) is 18.2. The van der Waals surface area contributed by atoms with Crippen LogP contribution in [0.3, 0.4) is 0 Å². The Morgan fingerprint density at radius 2 is 1.61 bits per heavy atom. The van der Waals surface area contributed by atoms with Crippen LogP contribution in [0.1, 0.15) is 56.4 Å². The molecule has 4 rings (SSSR count). The lowest BCUT2D eigenvalue weighted by Crippen LogP contribution is -2.47. The van der Waals surface area contributed by atoms with Crippen LogP contribution in [0.4, 0.5) is 0 Å². The number of fused-ring (bicyclic) bond motifs is 1. The molecule has 1 saturated carbocycles. The van der Waals surface area contributed by atoms with Crippen LogP contribution in [0, 0.1) is 0 Å². The number of piperidine rings is 1. The highest BCUT2D eigenvalue weighted by atomic mass is 35.5. The first kappa shape index (κ1) is 23.4. The van der Waals surface area contributed by atoms with Crippen molar-refractivity contribution in [2.24, 2.45) is 5.73 Å². The second-order valence-corrected chi connectivity index (χ2v) is 8.42. The first-order valence-corrected chi connectivity index (χ1v) is 10.3. The number of hydrogen-bond donors (Lipinski definition) is 2. The molecule has 2 aromatic carbocycles. The molecule has 1 atom stereocenters. The van der Waals surface area contributed by atoms with Gasteiger partial charge in [0.05, 0.1) is 5.60 Å². The Labute approximate surface area is 181 Å². The molecular weight excluding hydrogens is 391 g/mol. The fourth-order valence-corrected chi connectivity index (χ4v) is 5.02. The fourth-order valence-electron chi connectivity index (χ4n) is 5.02. The van der Waals surface area contributed by atoms with Gasteiger partial charge in [0, 0.05) is 18.5 Å². The molecule has 1 aliphatic heterocycles. The van der Waals surface area contributed by atoms with Crippen molar-refractivity contribution in [2.75, 3.05) is 19.6 Å². The van der Waals surface area contributed by atoms with Crippen LogP contribution in [-0.4, -0.2) is 41.3 Å². The third kappa shape index (κ3) is 5.01. The Morgan fingerprint density at radius 1 is 0.964 bits per heavy atom. The summed E-state index contributed by atoms with van der Waals surface area (Å²) in [7, 11) is 0. The lowest BCUT2D eigenvalue weighted by Gasteiger charge is -2.43. The Hall–Kier alpha value is -0.840. The van der Waals surface area contributed by atoms with Crippen molar-refractivity contribution in [3.8, 4) is 0 Å². The average molecular weight is 425 g/mol. The van der Waals surface area contributed by atoms with Crippen molar-refractivity contribution < 1.29 is 5.11 Å². The normalized spacial score (nSPS) is 21.5. The maximum absolute atomic E-state index is 11.7. The molecule has 2 aromatic rings. The number of hydrogen-bond acceptors (Lipinski definition) is 3. The first-order valence-electron chi connectivity index (χ1n) is 10.3. The third-order valence-electron chi connectivity index (χ3n) is 6.64. The van der Waals surface area contributed by atoms with Crippen molar-refractivity contribution in [2.45, 2.75) is 62.5 Å². The van der Waals surface area contributed by atoms with Crippen molar-refractivity contribution in [3.63, 3.8) is 0 Å². The second-order valence-electron chi connectivity index (χ2n) is 8.42. The van der Waals surface area contributed by atoms with Gasteiger partial charge in [-0.1, -0.05) is 61.7 Å². The molecule has 0 amide bonds. The van der Waals surface area contributed by atoms with Gasteiger partial charge in [-0.15, -0.1) is 24.8 Å². The number of benzene rings is 2. The summed E-state index contributed by atoms with van der Waals surface area (Å²) in [5.41, 5.74) is 6.85. The highest BCUT2D eigenvalue weighted by molar-refractivity contribution is 5.86. The van der Waals surface area contributed by atoms with E-state index in [-0.39, 0.29) is 30.7 Å². The van der Waals surface area contributed by atoms with Gasteiger partial charge in [0.25, 0.3) is 0 Å². The SMILES string of the molecule is Cl.Cl.NC1CCN(CC(c2cccc3ccccc23)C2(O)CCCCC2)CC1. The van der Waals surface area contributed by atoms with Gasteiger partial charge in [0.2, 0.25) is 0 Å². The van der Waals surface area contributed by atoms with Crippen molar-refractivity contribution >= 4 is 35.6 Å². The van der Waals surface area contributed by atoms with E-state index in [9.17, 15) is 5.11 Å². The van der Waals surface area contributed by atoms with Gasteiger partial charge in [0.15, 0.2) is 0 Å². The van der Waals surface area contributed by atoms with Gasteiger partial charge in [0.1, 0.15) is 0 Å². The molecule has 1 heterocycles. The van der Waals surface area contributed by atoms with E-state index in [1.54, 1.807) is 0 Å². The van der Waals surface area contributed by atoms with Gasteiger partial charge in [-0.25, -0.2) is 0 Å². The number of nitrogens with zero attached hydrogens (tertiary/aromatic N) is 1. The van der Waals surface area contributed by atoms with Crippen molar-refractivity contribution in [1.29, 1.82) is 0 Å². The minimum Gasteiger partial charge on any atom is -0.389 e. The summed E-state index contributed by atoms with van der Waals surface area (Å²) < 4.78 is 0. The molecule has 3 N–H and O–H groups in total. The molecule has 0 bridgehead atoms. The van der Waals surface area contributed by atoms with Crippen LogP contribution in [0.15, 0.2) is 42.5 Å². The zero-order chi connectivity index (χ0) is 18.0. The lowest BCUT2D eigenvalue weighted by atomic mass is 9.71. The van der Waals surface area contributed by atoms with E-state index in [2.05, 4.69) is 47.4 Å². The third-order valence-corrected chi connectivity index (χ3v) is 6.64. The molecule has 1 unspecified atom stereocenters.